The first-order chi connectivity index (χ1) is 9.44. The molecule has 0 bridgehead atoms. The third-order valence-corrected chi connectivity index (χ3v) is 2.27. The van der Waals surface area contributed by atoms with Crippen LogP contribution >= 0.6 is 0 Å². The molecule has 0 saturated heterocycles. The molecule has 2 rings (SSSR count). The number of aromatic nitrogens is 1. The highest BCUT2D eigenvalue weighted by Crippen LogP contribution is 2.25. The predicted octanol–water partition coefficient (Wildman–Crippen LogP) is 3.23. The van der Waals surface area contributed by atoms with Crippen LogP contribution in [-0.2, 0) is 0 Å². The lowest BCUT2D eigenvalue weighted by Gasteiger charge is -2.10. The quantitative estimate of drug-likeness (QED) is 0.940. The maximum Gasteiger partial charge on any atom is 0.573 e. The molecule has 104 valence electrons. The lowest BCUT2D eigenvalue weighted by atomic mass is 10.2. The number of amides is 1. The van der Waals surface area contributed by atoms with Crippen LogP contribution in [-0.4, -0.2) is 17.3 Å². The first-order valence-corrected chi connectivity index (χ1v) is 5.51. The van der Waals surface area contributed by atoms with E-state index in [2.05, 4.69) is 15.0 Å². The summed E-state index contributed by atoms with van der Waals surface area (Å²) in [5.41, 5.74) is 0.552. The molecule has 1 aromatic heterocycles. The molecule has 1 heterocycles. The monoisotopic (exact) mass is 282 g/mol. The number of halogens is 3. The normalized spacial score (nSPS) is 10.9. The molecule has 0 fully saturated rings. The van der Waals surface area contributed by atoms with Gasteiger partial charge in [-0.1, -0.05) is 6.07 Å². The zero-order valence-electron chi connectivity index (χ0n) is 10.0. The molecule has 7 heteroatoms. The van der Waals surface area contributed by atoms with Gasteiger partial charge >= 0.3 is 6.36 Å². The molecule has 0 saturated carbocycles. The first-order valence-electron chi connectivity index (χ1n) is 5.51. The van der Waals surface area contributed by atoms with Crippen LogP contribution in [0.15, 0.2) is 48.8 Å². The lowest BCUT2D eigenvalue weighted by molar-refractivity contribution is -0.274. The molecular weight excluding hydrogens is 273 g/mol. The summed E-state index contributed by atoms with van der Waals surface area (Å²) in [4.78, 5) is 15.6. The minimum absolute atomic E-state index is 0.202. The number of pyridine rings is 1. The van der Waals surface area contributed by atoms with E-state index >= 15 is 0 Å². The van der Waals surface area contributed by atoms with Gasteiger partial charge in [0.05, 0.1) is 0 Å². The van der Waals surface area contributed by atoms with E-state index < -0.39 is 18.0 Å². The molecule has 0 radical (unpaired) electrons. The number of hydrogen-bond acceptors (Lipinski definition) is 3. The van der Waals surface area contributed by atoms with Gasteiger partial charge in [0.25, 0.3) is 5.91 Å². The van der Waals surface area contributed by atoms with E-state index in [4.69, 9.17) is 0 Å². The van der Waals surface area contributed by atoms with Gasteiger partial charge in [-0.3, -0.25) is 9.78 Å². The third kappa shape index (κ3) is 3.98. The van der Waals surface area contributed by atoms with Crippen LogP contribution in [0, 0.1) is 0 Å². The van der Waals surface area contributed by atoms with Gasteiger partial charge < -0.3 is 10.1 Å². The van der Waals surface area contributed by atoms with Crippen molar-refractivity contribution >= 4 is 11.6 Å². The molecule has 4 nitrogen and oxygen atoms in total. The van der Waals surface area contributed by atoms with E-state index in [1.807, 2.05) is 0 Å². The lowest BCUT2D eigenvalue weighted by Crippen LogP contribution is -2.17. The number of ether oxygens (including phenoxy) is 1. The molecular formula is C13H9F3N2O2. The van der Waals surface area contributed by atoms with Gasteiger partial charge in [0.1, 0.15) is 5.75 Å². The number of carbonyl (C=O) groups is 1. The molecule has 0 aliphatic rings. The minimum atomic E-state index is -4.77. The molecule has 0 aliphatic heterocycles. The molecule has 0 aliphatic carbocycles. The fraction of sp³-hybridized carbons (Fsp3) is 0.0769. The molecule has 0 atom stereocenters. The van der Waals surface area contributed by atoms with Crippen LogP contribution in [0.2, 0.25) is 0 Å². The topological polar surface area (TPSA) is 51.2 Å². The van der Waals surface area contributed by atoms with Crippen molar-refractivity contribution in [3.05, 3.63) is 54.4 Å². The summed E-state index contributed by atoms with van der Waals surface area (Å²) in [6, 6.07) is 8.03. The van der Waals surface area contributed by atoms with Gasteiger partial charge in [-0.2, -0.15) is 0 Å². The second kappa shape index (κ2) is 5.60. The Hall–Kier alpha value is -2.57. The van der Waals surface area contributed by atoms with Crippen molar-refractivity contribution in [3.8, 4) is 5.75 Å². The van der Waals surface area contributed by atoms with Crippen molar-refractivity contribution in [1.82, 2.24) is 4.98 Å². The third-order valence-electron chi connectivity index (χ3n) is 2.27. The van der Waals surface area contributed by atoms with E-state index in [1.165, 1.54) is 36.7 Å². The Labute approximate surface area is 112 Å². The fourth-order valence-electron chi connectivity index (χ4n) is 1.48. The van der Waals surface area contributed by atoms with Gasteiger partial charge in [0.15, 0.2) is 0 Å². The summed E-state index contributed by atoms with van der Waals surface area (Å²) >= 11 is 0. The highest BCUT2D eigenvalue weighted by Gasteiger charge is 2.31. The SMILES string of the molecule is O=C(Nc1cccc(OC(F)(F)F)c1)c1ccncc1. The average Bonchev–Trinajstić information content (AvgIpc) is 2.38. The van der Waals surface area contributed by atoms with Crippen molar-refractivity contribution in [2.75, 3.05) is 5.32 Å². The van der Waals surface area contributed by atoms with Crippen LogP contribution in [0.25, 0.3) is 0 Å². The second-order valence-electron chi connectivity index (χ2n) is 3.77. The van der Waals surface area contributed by atoms with Gasteiger partial charge in [0.2, 0.25) is 0 Å². The summed E-state index contributed by atoms with van der Waals surface area (Å²) < 4.78 is 40.0. The number of alkyl halides is 3. The standard InChI is InChI=1S/C13H9F3N2O2/c14-13(15,16)20-11-3-1-2-10(8-11)18-12(19)9-4-6-17-7-5-9/h1-8H,(H,18,19). The maximum absolute atomic E-state index is 12.1. The largest absolute Gasteiger partial charge is 0.573 e. The van der Waals surface area contributed by atoms with Crippen LogP contribution < -0.4 is 10.1 Å². The zero-order valence-corrected chi connectivity index (χ0v) is 10.0. The summed E-state index contributed by atoms with van der Waals surface area (Å²) in [6.07, 6.45) is -1.88. The molecule has 2 aromatic rings. The summed E-state index contributed by atoms with van der Waals surface area (Å²) in [5.74, 6) is -0.846. The highest BCUT2D eigenvalue weighted by molar-refractivity contribution is 6.04. The molecule has 0 unspecified atom stereocenters. The predicted molar refractivity (Wildman–Crippen MR) is 65.3 cm³/mol. The van der Waals surface area contributed by atoms with Gasteiger partial charge in [0, 0.05) is 29.7 Å². The van der Waals surface area contributed by atoms with E-state index in [9.17, 15) is 18.0 Å². The molecule has 1 N–H and O–H groups in total. The van der Waals surface area contributed by atoms with E-state index in [0.29, 0.717) is 5.56 Å². The Bertz CT molecular complexity index is 600. The number of benzene rings is 1. The summed E-state index contributed by atoms with van der Waals surface area (Å²) in [5, 5.41) is 2.47. The van der Waals surface area contributed by atoms with Crippen molar-refractivity contribution in [2.45, 2.75) is 6.36 Å². The maximum atomic E-state index is 12.1. The first kappa shape index (κ1) is 13.9. The Kier molecular flexibility index (Phi) is 3.88. The zero-order chi connectivity index (χ0) is 14.6. The van der Waals surface area contributed by atoms with Crippen LogP contribution in [0.5, 0.6) is 5.75 Å². The van der Waals surface area contributed by atoms with E-state index in [0.717, 1.165) is 12.1 Å². The number of anilines is 1. The average molecular weight is 282 g/mol. The van der Waals surface area contributed by atoms with Crippen molar-refractivity contribution < 1.29 is 22.7 Å². The number of carbonyl (C=O) groups excluding carboxylic acids is 1. The van der Waals surface area contributed by atoms with Crippen LogP contribution in [0.3, 0.4) is 0 Å². The number of nitrogens with zero attached hydrogens (tertiary/aromatic N) is 1. The second-order valence-corrected chi connectivity index (χ2v) is 3.77. The Morgan fingerprint density at radius 3 is 2.50 bits per heavy atom. The molecule has 1 aromatic carbocycles. The Morgan fingerprint density at radius 1 is 1.15 bits per heavy atom. The van der Waals surface area contributed by atoms with Crippen LogP contribution in [0.1, 0.15) is 10.4 Å². The van der Waals surface area contributed by atoms with Gasteiger partial charge in [-0.25, -0.2) is 0 Å². The van der Waals surface area contributed by atoms with Crippen molar-refractivity contribution in [3.63, 3.8) is 0 Å². The fourth-order valence-corrected chi connectivity index (χ4v) is 1.48. The molecule has 0 spiro atoms. The van der Waals surface area contributed by atoms with Gasteiger partial charge in [-0.15, -0.1) is 13.2 Å². The Balaban J connectivity index is 2.10. The minimum Gasteiger partial charge on any atom is -0.406 e. The van der Waals surface area contributed by atoms with Crippen molar-refractivity contribution in [1.29, 1.82) is 0 Å². The van der Waals surface area contributed by atoms with Crippen LogP contribution in [0.4, 0.5) is 18.9 Å². The number of rotatable bonds is 3. The van der Waals surface area contributed by atoms with Crippen molar-refractivity contribution in [2.24, 2.45) is 0 Å². The number of hydrogen-bond donors (Lipinski definition) is 1. The molecule has 20 heavy (non-hydrogen) atoms. The van der Waals surface area contributed by atoms with E-state index in [1.54, 1.807) is 0 Å². The number of nitrogens with one attached hydrogen (secondary N) is 1. The Morgan fingerprint density at radius 2 is 1.85 bits per heavy atom. The molecule has 1 amide bonds. The highest BCUT2D eigenvalue weighted by atomic mass is 19.4. The summed E-state index contributed by atoms with van der Waals surface area (Å²) in [6.45, 7) is 0. The smallest absolute Gasteiger partial charge is 0.406 e. The van der Waals surface area contributed by atoms with Gasteiger partial charge in [-0.05, 0) is 24.3 Å². The van der Waals surface area contributed by atoms with E-state index in [-0.39, 0.29) is 5.69 Å². The summed E-state index contributed by atoms with van der Waals surface area (Å²) in [7, 11) is 0.